The number of rotatable bonds is 3. The largest absolute Gasteiger partial charge is 0.379 e. The molecule has 18 heavy (non-hydrogen) atoms. The molecule has 0 spiro atoms. The molecule has 1 aromatic rings. The topological polar surface area (TPSA) is 89.3 Å². The molecule has 4 N–H and O–H groups in total. The van der Waals surface area contributed by atoms with Crippen molar-refractivity contribution in [3.8, 4) is 0 Å². The van der Waals surface area contributed by atoms with Crippen LogP contribution in [0.1, 0.15) is 29.4 Å². The number of nitrogens with zero attached hydrogens (tertiary/aromatic N) is 1. The smallest absolute Gasteiger partial charge is 0.251 e. The molecule has 1 atom stereocenters. The van der Waals surface area contributed by atoms with E-state index in [2.05, 4.69) is 15.7 Å². The fraction of sp³-hybridized carbons (Fsp3) is 0.500. The predicted octanol–water partition coefficient (Wildman–Crippen LogP) is 0.584. The Kier molecular flexibility index (Phi) is 3.49. The van der Waals surface area contributed by atoms with Gasteiger partial charge in [0.15, 0.2) is 0 Å². The van der Waals surface area contributed by atoms with E-state index in [1.807, 2.05) is 13.8 Å². The summed E-state index contributed by atoms with van der Waals surface area (Å²) in [5.74, 6) is 5.66. The van der Waals surface area contributed by atoms with Gasteiger partial charge in [-0.15, -0.1) is 0 Å². The van der Waals surface area contributed by atoms with Crippen LogP contribution in [0, 0.1) is 6.92 Å². The number of aryl methyl sites for hydroxylation is 1. The molecule has 1 unspecified atom stereocenters. The zero-order valence-electron chi connectivity index (χ0n) is 10.6. The first-order valence-electron chi connectivity index (χ1n) is 5.88. The number of aromatic nitrogens is 1. The van der Waals surface area contributed by atoms with Crippen molar-refractivity contribution in [3.63, 3.8) is 0 Å². The lowest BCUT2D eigenvalue weighted by Gasteiger charge is -2.23. The molecule has 0 bridgehead atoms. The van der Waals surface area contributed by atoms with Crippen LogP contribution in [-0.4, -0.2) is 29.6 Å². The number of nitrogens with two attached hydrogens (primary N) is 1. The minimum Gasteiger partial charge on any atom is -0.379 e. The molecular weight excluding hydrogens is 232 g/mol. The minimum absolute atomic E-state index is 0.134. The van der Waals surface area contributed by atoms with Crippen molar-refractivity contribution in [2.45, 2.75) is 25.8 Å². The molecule has 1 fully saturated rings. The highest BCUT2D eigenvalue weighted by Gasteiger charge is 2.31. The molecule has 1 aliphatic heterocycles. The van der Waals surface area contributed by atoms with Crippen LogP contribution >= 0.6 is 0 Å². The van der Waals surface area contributed by atoms with Crippen molar-refractivity contribution < 1.29 is 9.53 Å². The Labute approximate surface area is 106 Å². The zero-order valence-corrected chi connectivity index (χ0v) is 10.6. The Morgan fingerprint density at radius 2 is 2.33 bits per heavy atom. The van der Waals surface area contributed by atoms with Gasteiger partial charge < -0.3 is 15.5 Å². The Morgan fingerprint density at radius 1 is 1.56 bits per heavy atom. The first kappa shape index (κ1) is 12.8. The number of hydrogen-bond acceptors (Lipinski definition) is 5. The Balaban J connectivity index is 2.15. The number of anilines is 1. The Hall–Kier alpha value is -1.66. The molecule has 0 aliphatic carbocycles. The SMILES string of the molecule is Cc1cc(C(=O)NC2(C)CCOC2)cc(NN)n1. The molecule has 98 valence electrons. The highest BCUT2D eigenvalue weighted by Crippen LogP contribution is 2.19. The van der Waals surface area contributed by atoms with Crippen LogP contribution < -0.4 is 16.6 Å². The highest BCUT2D eigenvalue weighted by molar-refractivity contribution is 5.95. The van der Waals surface area contributed by atoms with Gasteiger partial charge in [-0.1, -0.05) is 0 Å². The van der Waals surface area contributed by atoms with Crippen molar-refractivity contribution in [1.82, 2.24) is 10.3 Å². The first-order chi connectivity index (χ1) is 8.52. The number of carbonyl (C=O) groups is 1. The molecule has 1 aromatic heterocycles. The number of carbonyl (C=O) groups excluding carboxylic acids is 1. The highest BCUT2D eigenvalue weighted by atomic mass is 16.5. The number of ether oxygens (including phenoxy) is 1. The maximum absolute atomic E-state index is 12.2. The van der Waals surface area contributed by atoms with E-state index in [0.29, 0.717) is 24.6 Å². The summed E-state index contributed by atoms with van der Waals surface area (Å²) in [5.41, 5.74) is 3.45. The summed E-state index contributed by atoms with van der Waals surface area (Å²) in [6, 6.07) is 3.36. The minimum atomic E-state index is -0.287. The van der Waals surface area contributed by atoms with E-state index in [-0.39, 0.29) is 11.4 Å². The maximum Gasteiger partial charge on any atom is 0.251 e. The number of hydrogen-bond donors (Lipinski definition) is 3. The van der Waals surface area contributed by atoms with Gasteiger partial charge in [-0.05, 0) is 32.4 Å². The second-order valence-corrected chi connectivity index (χ2v) is 4.84. The molecular formula is C12H18N4O2. The monoisotopic (exact) mass is 250 g/mol. The number of nitrogen functional groups attached to an aromatic ring is 1. The van der Waals surface area contributed by atoms with Gasteiger partial charge >= 0.3 is 0 Å². The van der Waals surface area contributed by atoms with E-state index in [4.69, 9.17) is 10.6 Å². The lowest BCUT2D eigenvalue weighted by molar-refractivity contribution is 0.0889. The molecule has 6 nitrogen and oxygen atoms in total. The average Bonchev–Trinajstić information content (AvgIpc) is 2.74. The van der Waals surface area contributed by atoms with Gasteiger partial charge in [0, 0.05) is 17.9 Å². The fourth-order valence-electron chi connectivity index (χ4n) is 1.99. The van der Waals surface area contributed by atoms with Crippen LogP contribution in [0.25, 0.3) is 0 Å². The summed E-state index contributed by atoms with van der Waals surface area (Å²) in [7, 11) is 0. The van der Waals surface area contributed by atoms with Gasteiger partial charge in [0.2, 0.25) is 0 Å². The van der Waals surface area contributed by atoms with Gasteiger partial charge in [-0.3, -0.25) is 4.79 Å². The molecule has 1 saturated heterocycles. The first-order valence-corrected chi connectivity index (χ1v) is 5.88. The normalized spacial score (nSPS) is 22.8. The number of hydrazine groups is 1. The third-order valence-corrected chi connectivity index (χ3v) is 3.00. The van der Waals surface area contributed by atoms with Gasteiger partial charge in [0.1, 0.15) is 5.82 Å². The number of pyridine rings is 1. The third kappa shape index (κ3) is 2.77. The maximum atomic E-state index is 12.2. The molecule has 2 heterocycles. The summed E-state index contributed by atoms with van der Waals surface area (Å²) < 4.78 is 5.31. The van der Waals surface area contributed by atoms with Gasteiger partial charge in [0.05, 0.1) is 12.1 Å². The van der Waals surface area contributed by atoms with Gasteiger partial charge in [0.25, 0.3) is 5.91 Å². The standard InChI is InChI=1S/C12H18N4O2/c1-8-5-9(6-10(14-8)16-13)11(17)15-12(2)3-4-18-7-12/h5-6H,3-4,7,13H2,1-2H3,(H,14,16)(H,15,17). The van der Waals surface area contributed by atoms with Crippen LogP contribution in [0.15, 0.2) is 12.1 Å². The predicted molar refractivity (Wildman–Crippen MR) is 68.1 cm³/mol. The van der Waals surface area contributed by atoms with E-state index in [0.717, 1.165) is 12.1 Å². The second kappa shape index (κ2) is 4.91. The summed E-state index contributed by atoms with van der Waals surface area (Å²) in [6.45, 7) is 5.03. The third-order valence-electron chi connectivity index (χ3n) is 3.00. The van der Waals surface area contributed by atoms with Gasteiger partial charge in [-0.2, -0.15) is 0 Å². The molecule has 1 aliphatic rings. The lowest BCUT2D eigenvalue weighted by Crippen LogP contribution is -2.46. The van der Waals surface area contributed by atoms with Crippen LogP contribution in [0.3, 0.4) is 0 Å². The van der Waals surface area contributed by atoms with E-state index in [1.54, 1.807) is 12.1 Å². The molecule has 0 saturated carbocycles. The molecule has 1 amide bonds. The Morgan fingerprint density at radius 3 is 2.94 bits per heavy atom. The Bertz CT molecular complexity index is 455. The molecule has 0 radical (unpaired) electrons. The summed E-state index contributed by atoms with van der Waals surface area (Å²) in [6.07, 6.45) is 0.824. The van der Waals surface area contributed by atoms with Crippen LogP contribution in [-0.2, 0) is 4.74 Å². The van der Waals surface area contributed by atoms with Crippen molar-refractivity contribution in [3.05, 3.63) is 23.4 Å². The average molecular weight is 250 g/mol. The van der Waals surface area contributed by atoms with Crippen LogP contribution in [0.5, 0.6) is 0 Å². The van der Waals surface area contributed by atoms with E-state index in [1.165, 1.54) is 0 Å². The summed E-state index contributed by atoms with van der Waals surface area (Å²) >= 11 is 0. The van der Waals surface area contributed by atoms with E-state index >= 15 is 0 Å². The van der Waals surface area contributed by atoms with E-state index in [9.17, 15) is 4.79 Å². The van der Waals surface area contributed by atoms with Crippen LogP contribution in [0.4, 0.5) is 5.82 Å². The van der Waals surface area contributed by atoms with Crippen molar-refractivity contribution in [2.75, 3.05) is 18.6 Å². The lowest BCUT2D eigenvalue weighted by atomic mass is 10.0. The summed E-state index contributed by atoms with van der Waals surface area (Å²) in [4.78, 5) is 16.3. The van der Waals surface area contributed by atoms with Gasteiger partial charge in [-0.25, -0.2) is 10.8 Å². The van der Waals surface area contributed by atoms with Crippen molar-refractivity contribution in [2.24, 2.45) is 5.84 Å². The number of nitrogens with one attached hydrogen (secondary N) is 2. The molecule has 6 heteroatoms. The van der Waals surface area contributed by atoms with Crippen molar-refractivity contribution >= 4 is 11.7 Å². The molecule has 2 rings (SSSR count). The number of amides is 1. The van der Waals surface area contributed by atoms with Crippen LogP contribution in [0.2, 0.25) is 0 Å². The van der Waals surface area contributed by atoms with E-state index < -0.39 is 0 Å². The fourth-order valence-corrected chi connectivity index (χ4v) is 1.99. The van der Waals surface area contributed by atoms with Crippen molar-refractivity contribution in [1.29, 1.82) is 0 Å². The zero-order chi connectivity index (χ0) is 13.2. The quantitative estimate of drug-likeness (QED) is 0.539. The summed E-state index contributed by atoms with van der Waals surface area (Å²) in [5, 5.41) is 2.99. The molecule has 0 aromatic carbocycles. The second-order valence-electron chi connectivity index (χ2n) is 4.84.